The van der Waals surface area contributed by atoms with Gasteiger partial charge in [0.05, 0.1) is 17.2 Å². The molecule has 0 heterocycles. The van der Waals surface area contributed by atoms with Crippen LogP contribution in [0, 0.1) is 0 Å². The van der Waals surface area contributed by atoms with Crippen molar-refractivity contribution in [3.8, 4) is 17.2 Å². The molecule has 0 aromatic heterocycles. The minimum atomic E-state index is -0.662. The second-order valence-electron chi connectivity index (χ2n) is 4.25. The molecule has 0 bridgehead atoms. The molecule has 2 aromatic rings. The average molecular weight is 307 g/mol. The van der Waals surface area contributed by atoms with Gasteiger partial charge in [-0.3, -0.25) is 4.79 Å². The zero-order valence-corrected chi connectivity index (χ0v) is 12.2. The van der Waals surface area contributed by atoms with E-state index in [9.17, 15) is 4.79 Å². The lowest BCUT2D eigenvalue weighted by Crippen LogP contribution is -2.13. The van der Waals surface area contributed by atoms with Gasteiger partial charge in [-0.15, -0.1) is 0 Å². The molecule has 2 rings (SSSR count). The third-order valence-electron chi connectivity index (χ3n) is 2.69. The highest BCUT2D eigenvalue weighted by atomic mass is 35.5. The third-order valence-corrected chi connectivity index (χ3v) is 2.97. The molecular weight excluding hydrogens is 292 g/mol. The largest absolute Gasteiger partial charge is 0.494 e. The molecular formula is C15H15ClN2O3. The van der Waals surface area contributed by atoms with Crippen molar-refractivity contribution >= 4 is 23.2 Å². The van der Waals surface area contributed by atoms with Crippen molar-refractivity contribution < 1.29 is 14.3 Å². The fraction of sp³-hybridized carbons (Fsp3) is 0.133. The number of nitrogens with two attached hydrogens (primary N) is 2. The molecule has 0 radical (unpaired) electrons. The molecule has 0 aliphatic heterocycles. The van der Waals surface area contributed by atoms with Crippen LogP contribution in [0.1, 0.15) is 17.3 Å². The number of amides is 1. The molecule has 0 saturated carbocycles. The summed E-state index contributed by atoms with van der Waals surface area (Å²) in [5.41, 5.74) is 11.4. The highest BCUT2D eigenvalue weighted by molar-refractivity contribution is 6.33. The van der Waals surface area contributed by atoms with E-state index in [0.717, 1.165) is 5.75 Å². The summed E-state index contributed by atoms with van der Waals surface area (Å²) in [6, 6.07) is 9.86. The van der Waals surface area contributed by atoms with Gasteiger partial charge in [0.25, 0.3) is 5.91 Å². The molecule has 0 fully saturated rings. The van der Waals surface area contributed by atoms with Crippen molar-refractivity contribution in [2.45, 2.75) is 6.92 Å². The minimum Gasteiger partial charge on any atom is -0.494 e. The fourth-order valence-corrected chi connectivity index (χ4v) is 2.06. The number of carbonyl (C=O) groups excluding carboxylic acids is 1. The van der Waals surface area contributed by atoms with E-state index in [1.807, 2.05) is 6.92 Å². The molecule has 0 aliphatic carbocycles. The summed E-state index contributed by atoms with van der Waals surface area (Å²) in [5, 5.41) is 0.220. The summed E-state index contributed by atoms with van der Waals surface area (Å²) in [6.45, 7) is 2.48. The van der Waals surface area contributed by atoms with Crippen LogP contribution in [0.25, 0.3) is 0 Å². The molecule has 0 unspecified atom stereocenters. The monoisotopic (exact) mass is 306 g/mol. The molecule has 21 heavy (non-hydrogen) atoms. The van der Waals surface area contributed by atoms with Gasteiger partial charge in [-0.25, -0.2) is 0 Å². The predicted octanol–water partition coefficient (Wildman–Crippen LogP) is 3.21. The highest BCUT2D eigenvalue weighted by Gasteiger charge is 2.15. The maximum atomic E-state index is 11.5. The van der Waals surface area contributed by atoms with Gasteiger partial charge in [0.1, 0.15) is 11.5 Å². The van der Waals surface area contributed by atoms with Crippen molar-refractivity contribution in [2.75, 3.05) is 12.3 Å². The van der Waals surface area contributed by atoms with E-state index >= 15 is 0 Å². The summed E-state index contributed by atoms with van der Waals surface area (Å²) in [4.78, 5) is 11.5. The standard InChI is InChI=1S/C15H15ClN2O3/c1-2-20-10-3-5-11(6-4-10)21-14-12(15(18)19)7-9(17)8-13(14)16/h3-8H,2,17H2,1H3,(H2,18,19). The Morgan fingerprint density at radius 1 is 1.19 bits per heavy atom. The Hall–Kier alpha value is -2.40. The van der Waals surface area contributed by atoms with Crippen molar-refractivity contribution in [2.24, 2.45) is 5.73 Å². The Morgan fingerprint density at radius 2 is 1.81 bits per heavy atom. The smallest absolute Gasteiger partial charge is 0.252 e. The van der Waals surface area contributed by atoms with E-state index in [2.05, 4.69) is 0 Å². The van der Waals surface area contributed by atoms with Crippen LogP contribution in [0.3, 0.4) is 0 Å². The number of carbonyl (C=O) groups is 1. The first-order valence-electron chi connectivity index (χ1n) is 6.30. The Balaban J connectivity index is 2.32. The Morgan fingerprint density at radius 3 is 2.38 bits per heavy atom. The molecule has 0 spiro atoms. The first kappa shape index (κ1) is 15.0. The van der Waals surface area contributed by atoms with Gasteiger partial charge < -0.3 is 20.9 Å². The average Bonchev–Trinajstić information content (AvgIpc) is 2.43. The van der Waals surface area contributed by atoms with Gasteiger partial charge in [-0.05, 0) is 43.3 Å². The zero-order chi connectivity index (χ0) is 15.4. The number of hydrogen-bond acceptors (Lipinski definition) is 4. The van der Waals surface area contributed by atoms with Crippen LogP contribution in [-0.4, -0.2) is 12.5 Å². The Kier molecular flexibility index (Phi) is 4.55. The van der Waals surface area contributed by atoms with E-state index < -0.39 is 5.91 Å². The van der Waals surface area contributed by atoms with Crippen LogP contribution < -0.4 is 20.9 Å². The number of nitrogen functional groups attached to an aromatic ring is 1. The van der Waals surface area contributed by atoms with Gasteiger partial charge in [0.2, 0.25) is 0 Å². The molecule has 6 heteroatoms. The van der Waals surface area contributed by atoms with Crippen LogP contribution in [0.4, 0.5) is 5.69 Å². The zero-order valence-electron chi connectivity index (χ0n) is 11.4. The van der Waals surface area contributed by atoms with Crippen molar-refractivity contribution in [1.82, 2.24) is 0 Å². The van der Waals surface area contributed by atoms with E-state index in [1.165, 1.54) is 12.1 Å². The number of halogens is 1. The summed E-state index contributed by atoms with van der Waals surface area (Å²) in [7, 11) is 0. The predicted molar refractivity (Wildman–Crippen MR) is 82.1 cm³/mol. The van der Waals surface area contributed by atoms with Gasteiger partial charge in [0, 0.05) is 5.69 Å². The van der Waals surface area contributed by atoms with Gasteiger partial charge in [0.15, 0.2) is 5.75 Å². The van der Waals surface area contributed by atoms with Crippen LogP contribution in [-0.2, 0) is 0 Å². The van der Waals surface area contributed by atoms with E-state index in [1.54, 1.807) is 24.3 Å². The first-order chi connectivity index (χ1) is 10.0. The van der Waals surface area contributed by atoms with Gasteiger partial charge >= 0.3 is 0 Å². The molecule has 4 N–H and O–H groups in total. The van der Waals surface area contributed by atoms with E-state index in [4.69, 9.17) is 32.5 Å². The van der Waals surface area contributed by atoms with E-state index in [-0.39, 0.29) is 16.3 Å². The molecule has 0 atom stereocenters. The molecule has 0 saturated heterocycles. The van der Waals surface area contributed by atoms with Crippen LogP contribution in [0.2, 0.25) is 5.02 Å². The third kappa shape index (κ3) is 3.58. The molecule has 0 aliphatic rings. The lowest BCUT2D eigenvalue weighted by Gasteiger charge is -2.12. The number of hydrogen-bond donors (Lipinski definition) is 2. The lowest BCUT2D eigenvalue weighted by molar-refractivity contribution is 0.0998. The van der Waals surface area contributed by atoms with Crippen LogP contribution >= 0.6 is 11.6 Å². The van der Waals surface area contributed by atoms with Crippen molar-refractivity contribution in [3.63, 3.8) is 0 Å². The Labute approximate surface area is 127 Å². The van der Waals surface area contributed by atoms with Gasteiger partial charge in [-0.1, -0.05) is 11.6 Å². The first-order valence-corrected chi connectivity index (χ1v) is 6.68. The van der Waals surface area contributed by atoms with Crippen molar-refractivity contribution in [3.05, 3.63) is 47.0 Å². The van der Waals surface area contributed by atoms with Gasteiger partial charge in [-0.2, -0.15) is 0 Å². The summed E-state index contributed by atoms with van der Waals surface area (Å²) < 4.78 is 11.0. The fourth-order valence-electron chi connectivity index (χ4n) is 1.79. The second-order valence-corrected chi connectivity index (χ2v) is 4.66. The van der Waals surface area contributed by atoms with E-state index in [0.29, 0.717) is 18.0 Å². The number of benzene rings is 2. The number of ether oxygens (including phenoxy) is 2. The Bertz CT molecular complexity index is 657. The topological polar surface area (TPSA) is 87.6 Å². The number of primary amides is 1. The molecule has 110 valence electrons. The quantitative estimate of drug-likeness (QED) is 0.830. The van der Waals surface area contributed by atoms with Crippen LogP contribution in [0.5, 0.6) is 17.2 Å². The normalized spacial score (nSPS) is 10.2. The highest BCUT2D eigenvalue weighted by Crippen LogP contribution is 2.35. The maximum Gasteiger partial charge on any atom is 0.252 e. The summed E-state index contributed by atoms with van der Waals surface area (Å²) >= 11 is 6.07. The van der Waals surface area contributed by atoms with Crippen molar-refractivity contribution in [1.29, 1.82) is 0 Å². The molecule has 1 amide bonds. The second kappa shape index (κ2) is 6.37. The molecule has 2 aromatic carbocycles. The number of anilines is 1. The maximum absolute atomic E-state index is 11.5. The summed E-state index contributed by atoms with van der Waals surface area (Å²) in [6.07, 6.45) is 0. The summed E-state index contributed by atoms with van der Waals surface area (Å²) in [5.74, 6) is 0.753. The molecule has 5 nitrogen and oxygen atoms in total. The van der Waals surface area contributed by atoms with Crippen LogP contribution in [0.15, 0.2) is 36.4 Å². The SMILES string of the molecule is CCOc1ccc(Oc2c(Cl)cc(N)cc2C(N)=O)cc1. The minimum absolute atomic E-state index is 0.133. The number of rotatable bonds is 5. The lowest BCUT2D eigenvalue weighted by atomic mass is 10.1.